The van der Waals surface area contributed by atoms with Gasteiger partial charge in [-0.25, -0.2) is 0 Å². The smallest absolute Gasteiger partial charge is 0.0479 e. The highest BCUT2D eigenvalue weighted by Crippen LogP contribution is 2.15. The van der Waals surface area contributed by atoms with Crippen LogP contribution in [0.4, 0.5) is 0 Å². The van der Waals surface area contributed by atoms with Crippen molar-refractivity contribution in [1.29, 1.82) is 0 Å². The summed E-state index contributed by atoms with van der Waals surface area (Å²) in [7, 11) is 1.71. The Balaban J connectivity index is 0. The number of hydrogen-bond acceptors (Lipinski definition) is 2. The molecule has 70 valence electrons. The Hall–Kier alpha value is 0.210. The maximum atomic E-state index is 6.00. The molecule has 0 bridgehead atoms. The van der Waals surface area contributed by atoms with E-state index < -0.39 is 0 Å². The molecule has 3 heteroatoms. The molecular weight excluding hydrogens is 162 g/mol. The molecule has 0 aromatic carbocycles. The summed E-state index contributed by atoms with van der Waals surface area (Å²) in [6, 6.07) is 0. The second-order valence-corrected chi connectivity index (χ2v) is 2.81. The van der Waals surface area contributed by atoms with Crippen LogP contribution in [0.5, 0.6) is 0 Å². The second kappa shape index (κ2) is 6.89. The zero-order valence-corrected chi connectivity index (χ0v) is 8.54. The SMILES string of the molecule is CCC(N)(CC)CCOC.Cl. The van der Waals surface area contributed by atoms with Crippen LogP contribution < -0.4 is 5.73 Å². The van der Waals surface area contributed by atoms with Crippen LogP contribution in [0.3, 0.4) is 0 Å². The molecule has 0 aromatic rings. The highest BCUT2D eigenvalue weighted by molar-refractivity contribution is 5.85. The Kier molecular flexibility index (Phi) is 8.63. The Morgan fingerprint density at radius 1 is 1.27 bits per heavy atom. The molecule has 0 atom stereocenters. The molecule has 0 saturated carbocycles. The second-order valence-electron chi connectivity index (χ2n) is 2.81. The van der Waals surface area contributed by atoms with Crippen molar-refractivity contribution in [2.24, 2.45) is 5.73 Å². The summed E-state index contributed by atoms with van der Waals surface area (Å²) in [4.78, 5) is 0. The summed E-state index contributed by atoms with van der Waals surface area (Å²) in [5.74, 6) is 0. The first-order valence-electron chi connectivity index (χ1n) is 3.96. The van der Waals surface area contributed by atoms with Gasteiger partial charge in [-0.1, -0.05) is 13.8 Å². The van der Waals surface area contributed by atoms with Crippen molar-refractivity contribution in [1.82, 2.24) is 0 Å². The van der Waals surface area contributed by atoms with E-state index in [1.165, 1.54) is 0 Å². The molecule has 0 unspecified atom stereocenters. The maximum absolute atomic E-state index is 6.00. The molecule has 0 aliphatic heterocycles. The fourth-order valence-electron chi connectivity index (χ4n) is 0.909. The molecule has 0 radical (unpaired) electrons. The van der Waals surface area contributed by atoms with Gasteiger partial charge in [0.2, 0.25) is 0 Å². The van der Waals surface area contributed by atoms with E-state index in [4.69, 9.17) is 10.5 Å². The van der Waals surface area contributed by atoms with E-state index in [9.17, 15) is 0 Å². The highest BCUT2D eigenvalue weighted by atomic mass is 35.5. The fourth-order valence-corrected chi connectivity index (χ4v) is 0.909. The number of halogens is 1. The average molecular weight is 182 g/mol. The zero-order valence-electron chi connectivity index (χ0n) is 7.72. The third-order valence-corrected chi connectivity index (χ3v) is 2.21. The lowest BCUT2D eigenvalue weighted by Gasteiger charge is -2.25. The number of rotatable bonds is 5. The first-order valence-corrected chi connectivity index (χ1v) is 3.96. The summed E-state index contributed by atoms with van der Waals surface area (Å²) in [5.41, 5.74) is 6.01. The van der Waals surface area contributed by atoms with Gasteiger partial charge < -0.3 is 10.5 Å². The van der Waals surface area contributed by atoms with Gasteiger partial charge in [-0.15, -0.1) is 12.4 Å². The molecule has 0 heterocycles. The van der Waals surface area contributed by atoms with E-state index in [1.54, 1.807) is 7.11 Å². The average Bonchev–Trinajstić information content (AvgIpc) is 2.00. The monoisotopic (exact) mass is 181 g/mol. The van der Waals surface area contributed by atoms with Crippen LogP contribution in [0, 0.1) is 0 Å². The number of methoxy groups -OCH3 is 1. The van der Waals surface area contributed by atoms with Gasteiger partial charge in [-0.05, 0) is 19.3 Å². The van der Waals surface area contributed by atoms with Gasteiger partial charge in [0.25, 0.3) is 0 Å². The first kappa shape index (κ1) is 13.8. The molecule has 0 spiro atoms. The molecule has 2 nitrogen and oxygen atoms in total. The summed E-state index contributed by atoms with van der Waals surface area (Å²) >= 11 is 0. The highest BCUT2D eigenvalue weighted by Gasteiger charge is 2.18. The van der Waals surface area contributed by atoms with Gasteiger partial charge in [-0.2, -0.15) is 0 Å². The molecule has 11 heavy (non-hydrogen) atoms. The van der Waals surface area contributed by atoms with Crippen molar-refractivity contribution in [3.63, 3.8) is 0 Å². The van der Waals surface area contributed by atoms with E-state index in [2.05, 4.69) is 13.8 Å². The van der Waals surface area contributed by atoms with Crippen molar-refractivity contribution >= 4 is 12.4 Å². The first-order chi connectivity index (χ1) is 4.68. The summed E-state index contributed by atoms with van der Waals surface area (Å²) < 4.78 is 4.96. The van der Waals surface area contributed by atoms with Crippen molar-refractivity contribution in [3.8, 4) is 0 Å². The standard InChI is InChI=1S/C8H19NO.ClH/c1-4-8(9,5-2)6-7-10-3;/h4-7,9H2,1-3H3;1H. The zero-order chi connectivity index (χ0) is 8.04. The Bertz CT molecular complexity index is 84.2. The van der Waals surface area contributed by atoms with Gasteiger partial charge in [0.1, 0.15) is 0 Å². The Labute approximate surface area is 75.9 Å². The predicted molar refractivity (Wildman–Crippen MR) is 51.2 cm³/mol. The lowest BCUT2D eigenvalue weighted by atomic mass is 9.91. The lowest BCUT2D eigenvalue weighted by Crippen LogP contribution is -2.39. The van der Waals surface area contributed by atoms with Crippen molar-refractivity contribution < 1.29 is 4.74 Å². The van der Waals surface area contributed by atoms with Gasteiger partial charge in [0.05, 0.1) is 0 Å². The third kappa shape index (κ3) is 5.48. The van der Waals surface area contributed by atoms with Crippen molar-refractivity contribution in [3.05, 3.63) is 0 Å². The summed E-state index contributed by atoms with van der Waals surface area (Å²) in [5, 5.41) is 0. The molecule has 0 aliphatic carbocycles. The van der Waals surface area contributed by atoms with Crippen LogP contribution in [0.25, 0.3) is 0 Å². The van der Waals surface area contributed by atoms with E-state index in [0.29, 0.717) is 0 Å². The normalized spacial score (nSPS) is 10.9. The minimum atomic E-state index is 0. The summed E-state index contributed by atoms with van der Waals surface area (Å²) in [6.07, 6.45) is 3.04. The Morgan fingerprint density at radius 3 is 2.00 bits per heavy atom. The minimum absolute atomic E-state index is 0. The lowest BCUT2D eigenvalue weighted by molar-refractivity contribution is 0.164. The topological polar surface area (TPSA) is 35.2 Å². The number of ether oxygens (including phenoxy) is 1. The van der Waals surface area contributed by atoms with Crippen molar-refractivity contribution in [2.75, 3.05) is 13.7 Å². The van der Waals surface area contributed by atoms with Gasteiger partial charge in [-0.3, -0.25) is 0 Å². The number of nitrogens with two attached hydrogens (primary N) is 1. The fraction of sp³-hybridized carbons (Fsp3) is 1.00. The van der Waals surface area contributed by atoms with Gasteiger partial charge in [0.15, 0.2) is 0 Å². The molecule has 2 N–H and O–H groups in total. The predicted octanol–water partition coefficient (Wildman–Crippen LogP) is 1.96. The van der Waals surface area contributed by atoms with E-state index in [0.717, 1.165) is 25.9 Å². The Morgan fingerprint density at radius 2 is 1.73 bits per heavy atom. The maximum Gasteiger partial charge on any atom is 0.0479 e. The van der Waals surface area contributed by atoms with Crippen LogP contribution in [0.15, 0.2) is 0 Å². The van der Waals surface area contributed by atoms with E-state index in [1.807, 2.05) is 0 Å². The van der Waals surface area contributed by atoms with E-state index >= 15 is 0 Å². The molecule has 0 fully saturated rings. The molecule has 0 amide bonds. The van der Waals surface area contributed by atoms with Crippen LogP contribution >= 0.6 is 12.4 Å². The largest absolute Gasteiger partial charge is 0.385 e. The van der Waals surface area contributed by atoms with Crippen molar-refractivity contribution in [2.45, 2.75) is 38.6 Å². The van der Waals surface area contributed by atoms with Gasteiger partial charge >= 0.3 is 0 Å². The summed E-state index contributed by atoms with van der Waals surface area (Å²) in [6.45, 7) is 5.02. The quantitative estimate of drug-likeness (QED) is 0.704. The third-order valence-electron chi connectivity index (χ3n) is 2.21. The van der Waals surface area contributed by atoms with Crippen LogP contribution in [0.2, 0.25) is 0 Å². The minimum Gasteiger partial charge on any atom is -0.385 e. The van der Waals surface area contributed by atoms with Gasteiger partial charge in [0, 0.05) is 19.3 Å². The van der Waals surface area contributed by atoms with E-state index in [-0.39, 0.29) is 17.9 Å². The molecule has 0 aliphatic rings. The molecule has 0 rings (SSSR count). The van der Waals surface area contributed by atoms with Crippen LogP contribution in [-0.2, 0) is 4.74 Å². The number of hydrogen-bond donors (Lipinski definition) is 1. The molecule has 0 aromatic heterocycles. The van der Waals surface area contributed by atoms with Crippen LogP contribution in [0.1, 0.15) is 33.1 Å². The molecule has 0 saturated heterocycles. The molecular formula is C8H20ClNO. The van der Waals surface area contributed by atoms with Crippen LogP contribution in [-0.4, -0.2) is 19.3 Å².